The molecule has 12 heteroatoms. The zero-order valence-corrected chi connectivity index (χ0v) is 17.5. The van der Waals surface area contributed by atoms with Crippen LogP contribution in [0.1, 0.15) is 0 Å². The second-order valence-electron chi connectivity index (χ2n) is 7.56. The van der Waals surface area contributed by atoms with E-state index in [1.807, 2.05) is 0 Å². The highest BCUT2D eigenvalue weighted by atomic mass is 16.7. The highest BCUT2D eigenvalue weighted by molar-refractivity contribution is 5.88. The monoisotopic (exact) mass is 477 g/mol. The number of benzene rings is 2. The SMILES string of the molecule is COc1cc(-c2[o+]c3cc(O)cc(O)c3cc2O[C@@H]2O[C@H](C(=O)O)[C@@H](O)[C@H](O)[C@H]2O)ccc1O. The Morgan fingerprint density at radius 2 is 1.68 bits per heavy atom. The molecule has 1 aromatic heterocycles. The number of fused-ring (bicyclic) bond motifs is 1. The van der Waals surface area contributed by atoms with E-state index < -0.39 is 36.7 Å². The van der Waals surface area contributed by atoms with Crippen molar-refractivity contribution in [3.8, 4) is 40.1 Å². The number of carboxylic acid groups (broad SMARTS) is 1. The van der Waals surface area contributed by atoms with Gasteiger partial charge in [-0.05, 0) is 12.1 Å². The Hall–Kier alpha value is -3.84. The lowest BCUT2D eigenvalue weighted by atomic mass is 9.99. The Morgan fingerprint density at radius 1 is 0.941 bits per heavy atom. The van der Waals surface area contributed by atoms with E-state index in [0.29, 0.717) is 0 Å². The molecule has 0 spiro atoms. The Kier molecular flexibility index (Phi) is 6.06. The number of methoxy groups -OCH3 is 1. The second kappa shape index (κ2) is 8.83. The van der Waals surface area contributed by atoms with Gasteiger partial charge >= 0.3 is 17.3 Å². The molecular formula is C22H21O12+. The van der Waals surface area contributed by atoms with Gasteiger partial charge in [-0.1, -0.05) is 0 Å². The van der Waals surface area contributed by atoms with Gasteiger partial charge in [-0.25, -0.2) is 9.21 Å². The zero-order valence-electron chi connectivity index (χ0n) is 17.5. The van der Waals surface area contributed by atoms with Crippen molar-refractivity contribution in [3.63, 3.8) is 0 Å². The lowest BCUT2D eigenvalue weighted by Crippen LogP contribution is -2.61. The highest BCUT2D eigenvalue weighted by Gasteiger charge is 2.48. The average Bonchev–Trinajstić information content (AvgIpc) is 2.79. The average molecular weight is 477 g/mol. The first-order valence-corrected chi connectivity index (χ1v) is 9.90. The molecule has 0 radical (unpaired) electrons. The summed E-state index contributed by atoms with van der Waals surface area (Å²) >= 11 is 0. The molecule has 0 bridgehead atoms. The minimum absolute atomic E-state index is 0.0378. The smallest absolute Gasteiger partial charge is 0.402 e. The fraction of sp³-hybridized carbons (Fsp3) is 0.273. The summed E-state index contributed by atoms with van der Waals surface area (Å²) < 4.78 is 21.8. The summed E-state index contributed by atoms with van der Waals surface area (Å²) in [7, 11) is 1.33. The number of hydrogen-bond acceptors (Lipinski definition) is 10. The van der Waals surface area contributed by atoms with Crippen LogP contribution < -0.4 is 9.47 Å². The van der Waals surface area contributed by atoms with E-state index in [1.54, 1.807) is 0 Å². The highest BCUT2D eigenvalue weighted by Crippen LogP contribution is 2.42. The van der Waals surface area contributed by atoms with Crippen LogP contribution in [-0.4, -0.2) is 79.5 Å². The number of hydrogen-bond donors (Lipinski definition) is 7. The van der Waals surface area contributed by atoms with Gasteiger partial charge in [-0.2, -0.15) is 0 Å². The Morgan fingerprint density at radius 3 is 2.35 bits per heavy atom. The predicted molar refractivity (Wildman–Crippen MR) is 113 cm³/mol. The fourth-order valence-corrected chi connectivity index (χ4v) is 3.57. The number of aliphatic hydroxyl groups is 3. The second-order valence-corrected chi connectivity index (χ2v) is 7.56. The molecule has 0 saturated carbocycles. The van der Waals surface area contributed by atoms with Crippen LogP contribution in [0.5, 0.6) is 28.7 Å². The van der Waals surface area contributed by atoms with Crippen LogP contribution in [0.2, 0.25) is 0 Å². The van der Waals surface area contributed by atoms with Crippen molar-refractivity contribution in [2.24, 2.45) is 0 Å². The van der Waals surface area contributed by atoms with Crippen LogP contribution in [0.15, 0.2) is 40.8 Å². The van der Waals surface area contributed by atoms with Gasteiger partial charge in [-0.3, -0.25) is 0 Å². The Labute approximate surface area is 191 Å². The lowest BCUT2D eigenvalue weighted by molar-refractivity contribution is -0.271. The summed E-state index contributed by atoms with van der Waals surface area (Å²) in [5.41, 5.74) is 0.325. The Balaban J connectivity index is 1.85. The molecule has 1 fully saturated rings. The van der Waals surface area contributed by atoms with Gasteiger partial charge in [-0.15, -0.1) is 0 Å². The molecule has 2 heterocycles. The number of rotatable bonds is 5. The molecule has 0 amide bonds. The molecule has 7 N–H and O–H groups in total. The molecule has 1 aliphatic rings. The maximum atomic E-state index is 11.4. The van der Waals surface area contributed by atoms with Crippen LogP contribution in [0.4, 0.5) is 0 Å². The number of aliphatic carboxylic acids is 1. The summed E-state index contributed by atoms with van der Waals surface area (Å²) in [6.45, 7) is 0. The third kappa shape index (κ3) is 4.10. The van der Waals surface area contributed by atoms with E-state index in [0.717, 1.165) is 6.07 Å². The molecule has 1 aliphatic heterocycles. The third-order valence-electron chi connectivity index (χ3n) is 5.31. The van der Waals surface area contributed by atoms with Crippen molar-refractivity contribution in [2.75, 3.05) is 7.11 Å². The molecule has 180 valence electrons. The van der Waals surface area contributed by atoms with E-state index in [1.165, 1.54) is 37.4 Å². The van der Waals surface area contributed by atoms with Crippen LogP contribution in [0.25, 0.3) is 22.3 Å². The maximum Gasteiger partial charge on any atom is 0.402 e. The largest absolute Gasteiger partial charge is 0.507 e. The summed E-state index contributed by atoms with van der Waals surface area (Å²) in [6, 6.07) is 7.71. The van der Waals surface area contributed by atoms with E-state index >= 15 is 0 Å². The quantitative estimate of drug-likeness (QED) is 0.255. The molecule has 0 aliphatic carbocycles. The Bertz CT molecular complexity index is 1240. The molecule has 0 unspecified atom stereocenters. The van der Waals surface area contributed by atoms with Crippen LogP contribution in [0, 0.1) is 0 Å². The molecule has 5 atom stereocenters. The molecule has 34 heavy (non-hydrogen) atoms. The first-order valence-electron chi connectivity index (χ1n) is 9.90. The minimum atomic E-state index is -1.92. The standard InChI is InChI=1S/C22H20O12/c1-31-14-4-8(2-3-11(14)24)19-15(7-10-12(25)5-9(23)6-13(10)32-19)33-22-18(28)16(26)17(27)20(34-22)21(29)30/h2-7,16-18,20,22,26-28H,1H3,(H3-,23,24,25,29,30)/p+1/t16-,17-,18+,20-,22+/m0/s1. The van der Waals surface area contributed by atoms with E-state index in [2.05, 4.69) is 0 Å². The van der Waals surface area contributed by atoms with Gasteiger partial charge in [0.15, 0.2) is 17.6 Å². The number of carbonyl (C=O) groups is 1. The number of aromatic hydroxyl groups is 3. The maximum absolute atomic E-state index is 11.4. The van der Waals surface area contributed by atoms with Crippen LogP contribution in [-0.2, 0) is 9.53 Å². The van der Waals surface area contributed by atoms with Crippen molar-refractivity contribution in [2.45, 2.75) is 30.7 Å². The number of aliphatic hydroxyl groups excluding tert-OH is 3. The van der Waals surface area contributed by atoms with E-state index in [4.69, 9.17) is 18.6 Å². The van der Waals surface area contributed by atoms with Crippen molar-refractivity contribution in [1.82, 2.24) is 0 Å². The number of carboxylic acids is 1. The number of phenols is 3. The van der Waals surface area contributed by atoms with Crippen LogP contribution in [0.3, 0.4) is 0 Å². The zero-order chi connectivity index (χ0) is 24.7. The predicted octanol–water partition coefficient (Wildman–Crippen LogP) is 0.777. The van der Waals surface area contributed by atoms with Crippen molar-refractivity contribution >= 4 is 16.9 Å². The summed E-state index contributed by atoms with van der Waals surface area (Å²) in [5.74, 6) is -2.55. The van der Waals surface area contributed by atoms with Crippen molar-refractivity contribution < 1.29 is 59.2 Å². The summed E-state index contributed by atoms with van der Waals surface area (Å²) in [6.07, 6.45) is -9.33. The molecule has 2 aromatic carbocycles. The van der Waals surface area contributed by atoms with Gasteiger partial charge < -0.3 is 50.0 Å². The van der Waals surface area contributed by atoms with Crippen molar-refractivity contribution in [3.05, 3.63) is 36.4 Å². The fourth-order valence-electron chi connectivity index (χ4n) is 3.57. The third-order valence-corrected chi connectivity index (χ3v) is 5.31. The molecule has 1 saturated heterocycles. The van der Waals surface area contributed by atoms with Gasteiger partial charge in [0.25, 0.3) is 0 Å². The first-order chi connectivity index (χ1) is 16.1. The molecular weight excluding hydrogens is 456 g/mol. The van der Waals surface area contributed by atoms with Gasteiger partial charge in [0.1, 0.15) is 35.2 Å². The summed E-state index contributed by atoms with van der Waals surface area (Å²) in [5, 5.41) is 69.7. The van der Waals surface area contributed by atoms with Crippen LogP contribution >= 0.6 is 0 Å². The van der Waals surface area contributed by atoms with E-state index in [-0.39, 0.29) is 51.0 Å². The topological polar surface area (TPSA) is 198 Å². The minimum Gasteiger partial charge on any atom is -0.507 e. The van der Waals surface area contributed by atoms with Gasteiger partial charge in [0.05, 0.1) is 18.7 Å². The van der Waals surface area contributed by atoms with Gasteiger partial charge in [0.2, 0.25) is 12.0 Å². The van der Waals surface area contributed by atoms with Crippen molar-refractivity contribution in [1.29, 1.82) is 0 Å². The normalized spacial score (nSPS) is 24.6. The van der Waals surface area contributed by atoms with E-state index in [9.17, 15) is 40.5 Å². The summed E-state index contributed by atoms with van der Waals surface area (Å²) in [4.78, 5) is 11.4. The van der Waals surface area contributed by atoms with Gasteiger partial charge in [0, 0.05) is 18.2 Å². The lowest BCUT2D eigenvalue weighted by Gasteiger charge is -2.38. The first kappa shape index (κ1) is 23.3. The number of phenolic OH excluding ortho intramolecular Hbond substituents is 3. The molecule has 3 aromatic rings. The number of ether oxygens (including phenoxy) is 3. The molecule has 4 rings (SSSR count). The molecule has 12 nitrogen and oxygen atoms in total.